The lowest BCUT2D eigenvalue weighted by Crippen LogP contribution is -2.39. The van der Waals surface area contributed by atoms with Crippen molar-refractivity contribution in [2.45, 2.75) is 12.5 Å². The number of benzene rings is 1. The topological polar surface area (TPSA) is 73.6 Å². The first-order valence-electron chi connectivity index (χ1n) is 6.09. The van der Waals surface area contributed by atoms with Crippen LogP contribution in [0.4, 0.5) is 5.69 Å². The molecule has 1 saturated heterocycles. The first-order valence-corrected chi connectivity index (χ1v) is 6.09. The minimum Gasteiger partial charge on any atom is -0.376 e. The number of carbonyl (C=O) groups is 1. The zero-order chi connectivity index (χ0) is 12.8. The molecule has 0 aliphatic carbocycles. The third kappa shape index (κ3) is 3.53. The van der Waals surface area contributed by atoms with Crippen molar-refractivity contribution in [2.24, 2.45) is 5.73 Å². The van der Waals surface area contributed by atoms with Gasteiger partial charge in [-0.25, -0.2) is 0 Å². The molecular weight excluding hydrogens is 232 g/mol. The Morgan fingerprint density at radius 3 is 2.72 bits per heavy atom. The van der Waals surface area contributed by atoms with Crippen molar-refractivity contribution in [1.82, 2.24) is 0 Å². The van der Waals surface area contributed by atoms with Crippen molar-refractivity contribution in [3.63, 3.8) is 0 Å². The Morgan fingerprint density at radius 1 is 1.33 bits per heavy atom. The summed E-state index contributed by atoms with van der Waals surface area (Å²) >= 11 is 0. The second-order valence-electron chi connectivity index (χ2n) is 4.16. The second-order valence-corrected chi connectivity index (χ2v) is 4.16. The van der Waals surface area contributed by atoms with E-state index in [1.807, 2.05) is 24.3 Å². The summed E-state index contributed by atoms with van der Waals surface area (Å²) in [5, 5.41) is 2.81. The Kier molecular flexibility index (Phi) is 4.69. The normalized spacial score (nSPS) is 19.5. The fourth-order valence-corrected chi connectivity index (χ4v) is 1.78. The molecule has 1 unspecified atom stereocenters. The molecule has 0 radical (unpaired) electrons. The maximum Gasteiger partial charge on any atom is 0.255 e. The summed E-state index contributed by atoms with van der Waals surface area (Å²) in [5.74, 6) is -0.165. The lowest BCUT2D eigenvalue weighted by atomic mass is 10.1. The molecule has 5 heteroatoms. The molecule has 5 nitrogen and oxygen atoms in total. The molecule has 1 aromatic rings. The minimum atomic E-state index is -0.512. The maximum atomic E-state index is 11.8. The Morgan fingerprint density at radius 2 is 2.11 bits per heavy atom. The van der Waals surface area contributed by atoms with Gasteiger partial charge < -0.3 is 20.5 Å². The van der Waals surface area contributed by atoms with Crippen LogP contribution < -0.4 is 11.1 Å². The summed E-state index contributed by atoms with van der Waals surface area (Å²) in [4.78, 5) is 11.8. The average molecular weight is 250 g/mol. The van der Waals surface area contributed by atoms with Gasteiger partial charge in [-0.1, -0.05) is 12.1 Å². The number of rotatable bonds is 4. The van der Waals surface area contributed by atoms with E-state index in [4.69, 9.17) is 15.2 Å². The molecular formula is C13H18N2O3. The highest BCUT2D eigenvalue weighted by atomic mass is 16.6. The summed E-state index contributed by atoms with van der Waals surface area (Å²) in [6, 6.07) is 7.65. The quantitative estimate of drug-likeness (QED) is 0.818. The largest absolute Gasteiger partial charge is 0.376 e. The van der Waals surface area contributed by atoms with Crippen LogP contribution >= 0.6 is 0 Å². The van der Waals surface area contributed by atoms with Crippen LogP contribution in [0, 0.1) is 0 Å². The average Bonchev–Trinajstić information content (AvgIpc) is 2.42. The predicted molar refractivity (Wildman–Crippen MR) is 68.4 cm³/mol. The number of hydrogen-bond donors (Lipinski definition) is 2. The van der Waals surface area contributed by atoms with E-state index in [0.717, 1.165) is 17.7 Å². The Balaban J connectivity index is 1.89. The van der Waals surface area contributed by atoms with Crippen LogP contribution in [0.1, 0.15) is 5.56 Å². The highest BCUT2D eigenvalue weighted by Crippen LogP contribution is 2.11. The first kappa shape index (κ1) is 13.0. The summed E-state index contributed by atoms with van der Waals surface area (Å²) < 4.78 is 10.5. The molecule has 98 valence electrons. The van der Waals surface area contributed by atoms with E-state index in [2.05, 4.69) is 5.32 Å². The molecule has 1 fully saturated rings. The van der Waals surface area contributed by atoms with Crippen molar-refractivity contribution in [3.05, 3.63) is 29.8 Å². The maximum absolute atomic E-state index is 11.8. The number of nitrogens with two attached hydrogens (primary N) is 1. The van der Waals surface area contributed by atoms with E-state index in [-0.39, 0.29) is 5.91 Å². The number of anilines is 1. The second kappa shape index (κ2) is 6.49. The molecule has 1 amide bonds. The van der Waals surface area contributed by atoms with E-state index in [9.17, 15) is 4.79 Å². The van der Waals surface area contributed by atoms with Crippen LogP contribution in [-0.2, 0) is 20.7 Å². The fourth-order valence-electron chi connectivity index (χ4n) is 1.78. The molecule has 3 N–H and O–H groups in total. The minimum absolute atomic E-state index is 0.165. The molecule has 0 bridgehead atoms. The molecule has 1 aliphatic heterocycles. The smallest absolute Gasteiger partial charge is 0.255 e. The van der Waals surface area contributed by atoms with Crippen molar-refractivity contribution < 1.29 is 14.3 Å². The number of ether oxygens (including phenoxy) is 2. The van der Waals surface area contributed by atoms with Crippen molar-refractivity contribution >= 4 is 11.6 Å². The van der Waals surface area contributed by atoms with E-state index < -0.39 is 6.10 Å². The third-order valence-electron chi connectivity index (χ3n) is 2.76. The van der Waals surface area contributed by atoms with Gasteiger partial charge in [-0.05, 0) is 30.7 Å². The van der Waals surface area contributed by atoms with Gasteiger partial charge in [-0.3, -0.25) is 4.79 Å². The van der Waals surface area contributed by atoms with Crippen LogP contribution in [-0.4, -0.2) is 38.4 Å². The Bertz CT molecular complexity index is 386. The van der Waals surface area contributed by atoms with Gasteiger partial charge in [0.05, 0.1) is 19.8 Å². The highest BCUT2D eigenvalue weighted by molar-refractivity contribution is 5.94. The van der Waals surface area contributed by atoms with E-state index in [1.54, 1.807) is 0 Å². The van der Waals surface area contributed by atoms with Crippen LogP contribution in [0.25, 0.3) is 0 Å². The molecule has 1 atom stereocenters. The van der Waals surface area contributed by atoms with Crippen LogP contribution in [0.15, 0.2) is 24.3 Å². The van der Waals surface area contributed by atoms with Gasteiger partial charge in [0.2, 0.25) is 0 Å². The first-order chi connectivity index (χ1) is 8.79. The van der Waals surface area contributed by atoms with Crippen molar-refractivity contribution in [1.29, 1.82) is 0 Å². The van der Waals surface area contributed by atoms with Gasteiger partial charge in [0.15, 0.2) is 6.10 Å². The van der Waals surface area contributed by atoms with Gasteiger partial charge in [-0.15, -0.1) is 0 Å². The molecule has 1 aromatic carbocycles. The summed E-state index contributed by atoms with van der Waals surface area (Å²) in [7, 11) is 0. The summed E-state index contributed by atoms with van der Waals surface area (Å²) in [6.45, 7) is 1.96. The molecule has 0 saturated carbocycles. The van der Waals surface area contributed by atoms with Gasteiger partial charge in [0.1, 0.15) is 0 Å². The van der Waals surface area contributed by atoms with Crippen LogP contribution in [0.5, 0.6) is 0 Å². The Labute approximate surface area is 106 Å². The molecule has 18 heavy (non-hydrogen) atoms. The molecule has 0 aromatic heterocycles. The van der Waals surface area contributed by atoms with Gasteiger partial charge in [-0.2, -0.15) is 0 Å². The fraction of sp³-hybridized carbons (Fsp3) is 0.462. The monoisotopic (exact) mass is 250 g/mol. The SMILES string of the molecule is NCCc1ccc(NC(=O)C2COCCO2)cc1. The van der Waals surface area contributed by atoms with E-state index in [1.165, 1.54) is 0 Å². The number of amides is 1. The number of carbonyl (C=O) groups excluding carboxylic acids is 1. The highest BCUT2D eigenvalue weighted by Gasteiger charge is 2.22. The van der Waals surface area contributed by atoms with Crippen LogP contribution in [0.2, 0.25) is 0 Å². The van der Waals surface area contributed by atoms with Gasteiger partial charge >= 0.3 is 0 Å². The van der Waals surface area contributed by atoms with E-state index in [0.29, 0.717) is 26.4 Å². The number of nitrogens with one attached hydrogen (secondary N) is 1. The van der Waals surface area contributed by atoms with Crippen molar-refractivity contribution in [3.8, 4) is 0 Å². The standard InChI is InChI=1S/C13H18N2O3/c14-6-5-10-1-3-11(4-2-10)15-13(16)12-9-17-7-8-18-12/h1-4,12H,5-9,14H2,(H,15,16). The molecule has 1 aliphatic rings. The summed E-state index contributed by atoms with van der Waals surface area (Å²) in [5.41, 5.74) is 7.40. The Hall–Kier alpha value is -1.43. The van der Waals surface area contributed by atoms with E-state index >= 15 is 0 Å². The lowest BCUT2D eigenvalue weighted by Gasteiger charge is -2.22. The summed E-state index contributed by atoms with van der Waals surface area (Å²) in [6.07, 6.45) is 0.329. The third-order valence-corrected chi connectivity index (χ3v) is 2.76. The van der Waals surface area contributed by atoms with Gasteiger partial charge in [0, 0.05) is 5.69 Å². The predicted octanol–water partition coefficient (Wildman–Crippen LogP) is 0.542. The molecule has 1 heterocycles. The van der Waals surface area contributed by atoms with Gasteiger partial charge in [0.25, 0.3) is 5.91 Å². The molecule has 2 rings (SSSR count). The van der Waals surface area contributed by atoms with Crippen LogP contribution in [0.3, 0.4) is 0 Å². The lowest BCUT2D eigenvalue weighted by molar-refractivity contribution is -0.142. The molecule has 0 spiro atoms. The zero-order valence-electron chi connectivity index (χ0n) is 10.2. The zero-order valence-corrected chi connectivity index (χ0v) is 10.2. The number of hydrogen-bond acceptors (Lipinski definition) is 4. The van der Waals surface area contributed by atoms with Crippen molar-refractivity contribution in [2.75, 3.05) is 31.7 Å².